The summed E-state index contributed by atoms with van der Waals surface area (Å²) in [7, 11) is 2.34. The molecular weight excluding hydrogens is 598 g/mol. The molecule has 4 aromatic rings. The number of hydrogen-bond acceptors (Lipinski definition) is 7. The summed E-state index contributed by atoms with van der Waals surface area (Å²) in [6.45, 7) is 15.3. The first kappa shape index (κ1) is 32.1. The van der Waals surface area contributed by atoms with E-state index in [4.69, 9.17) is 26.1 Å². The summed E-state index contributed by atoms with van der Waals surface area (Å²) >= 11 is 6.94. The second-order valence-corrected chi connectivity index (χ2v) is 20.0. The summed E-state index contributed by atoms with van der Waals surface area (Å²) in [5.41, 5.74) is 2.10. The minimum absolute atomic E-state index is 0.154. The summed E-state index contributed by atoms with van der Waals surface area (Å²) < 4.78 is 16.8. The zero-order chi connectivity index (χ0) is 32.0. The maximum atomic E-state index is 14.1. The molecule has 0 spiro atoms. The average molecular weight is 642 g/mol. The number of amides is 1. The number of halogens is 1. The van der Waals surface area contributed by atoms with Gasteiger partial charge in [-0.15, -0.1) is 0 Å². The van der Waals surface area contributed by atoms with Gasteiger partial charge in [0.2, 0.25) is 5.95 Å². The van der Waals surface area contributed by atoms with Crippen molar-refractivity contribution in [3.63, 3.8) is 0 Å². The number of alkyl carbamates (subject to hydrolysis) is 1. The molecule has 1 aliphatic rings. The lowest BCUT2D eigenvalue weighted by Crippen LogP contribution is -2.36. The second kappa shape index (κ2) is 12.2. The van der Waals surface area contributed by atoms with Crippen LogP contribution in [0.3, 0.4) is 0 Å². The Hall–Kier alpha value is -3.35. The Kier molecular flexibility index (Phi) is 8.89. The summed E-state index contributed by atoms with van der Waals surface area (Å²) in [4.78, 5) is 33.5. The predicted octanol–water partition coefficient (Wildman–Crippen LogP) is 5.61. The Bertz CT molecular complexity index is 1750. The van der Waals surface area contributed by atoms with Gasteiger partial charge in [-0.05, 0) is 45.2 Å². The topological polar surface area (TPSA) is 108 Å². The lowest BCUT2D eigenvalue weighted by atomic mass is 10.0. The molecule has 238 valence electrons. The van der Waals surface area contributed by atoms with Crippen molar-refractivity contribution in [1.29, 1.82) is 0 Å². The van der Waals surface area contributed by atoms with E-state index in [0.29, 0.717) is 47.3 Å². The fourth-order valence-corrected chi connectivity index (χ4v) is 6.61. The molecule has 0 saturated carbocycles. The normalized spacial score (nSPS) is 15.9. The molecule has 1 saturated heterocycles. The summed E-state index contributed by atoms with van der Waals surface area (Å²) in [6, 6.07) is 4.88. The highest BCUT2D eigenvalue weighted by molar-refractivity contribution is 6.76. The van der Waals surface area contributed by atoms with E-state index < -0.39 is 19.8 Å². The number of aromatic nitrogens is 5. The van der Waals surface area contributed by atoms with Crippen LogP contribution >= 0.6 is 11.6 Å². The second-order valence-electron chi connectivity index (χ2n) is 14.0. The van der Waals surface area contributed by atoms with Crippen molar-refractivity contribution in [2.45, 2.75) is 65.2 Å². The molecule has 4 heterocycles. The van der Waals surface area contributed by atoms with Crippen LogP contribution in [-0.4, -0.2) is 69.9 Å². The monoisotopic (exact) mass is 641 g/mol. The van der Waals surface area contributed by atoms with Crippen LogP contribution in [0.4, 0.5) is 10.7 Å². The highest BCUT2D eigenvalue weighted by atomic mass is 35.5. The maximum Gasteiger partial charge on any atom is 0.407 e. The van der Waals surface area contributed by atoms with Crippen molar-refractivity contribution in [3.8, 4) is 11.1 Å². The fraction of sp³-hybridized carbons (Fsp3) is 0.548. The molecule has 44 heavy (non-hydrogen) atoms. The van der Waals surface area contributed by atoms with E-state index in [1.54, 1.807) is 16.3 Å². The highest BCUT2D eigenvalue weighted by Crippen LogP contribution is 2.38. The molecule has 1 atom stereocenters. The van der Waals surface area contributed by atoms with Gasteiger partial charge in [0.05, 0.1) is 15.9 Å². The largest absolute Gasteiger partial charge is 0.444 e. The molecule has 11 nitrogen and oxygen atoms in total. The summed E-state index contributed by atoms with van der Waals surface area (Å²) in [6.07, 6.45) is 4.25. The van der Waals surface area contributed by atoms with E-state index in [2.05, 4.69) is 35.0 Å². The molecule has 1 aliphatic heterocycles. The van der Waals surface area contributed by atoms with Crippen LogP contribution in [0, 0.1) is 5.92 Å². The number of nitrogens with one attached hydrogen (secondary N) is 1. The lowest BCUT2D eigenvalue weighted by Gasteiger charge is -2.22. The van der Waals surface area contributed by atoms with Crippen LogP contribution < -0.4 is 15.8 Å². The summed E-state index contributed by atoms with van der Waals surface area (Å²) in [5.74, 6) is 0.788. The first-order valence-electron chi connectivity index (χ1n) is 15.1. The Morgan fingerprint density at radius 3 is 2.61 bits per heavy atom. The molecule has 1 aromatic carbocycles. The number of carbonyl (C=O) groups excluding carboxylic acids is 1. The third-order valence-corrected chi connectivity index (χ3v) is 9.94. The predicted molar refractivity (Wildman–Crippen MR) is 178 cm³/mol. The van der Waals surface area contributed by atoms with Gasteiger partial charge in [-0.1, -0.05) is 37.3 Å². The summed E-state index contributed by atoms with van der Waals surface area (Å²) in [5, 5.41) is 9.22. The number of aryl methyl sites for hydroxylation is 1. The molecule has 0 unspecified atom stereocenters. The van der Waals surface area contributed by atoms with Gasteiger partial charge >= 0.3 is 6.09 Å². The number of anilines is 1. The van der Waals surface area contributed by atoms with Crippen LogP contribution in [0.25, 0.3) is 33.1 Å². The van der Waals surface area contributed by atoms with E-state index in [1.807, 2.05) is 56.9 Å². The molecule has 0 radical (unpaired) electrons. The molecule has 0 bridgehead atoms. The van der Waals surface area contributed by atoms with Crippen molar-refractivity contribution < 1.29 is 14.3 Å². The number of benzene rings is 1. The van der Waals surface area contributed by atoms with E-state index in [9.17, 15) is 9.59 Å². The minimum atomic E-state index is -1.27. The lowest BCUT2D eigenvalue weighted by molar-refractivity contribution is 0.0520. The number of carbonyl (C=O) groups is 1. The number of hydrogen-bond donors (Lipinski definition) is 1. The molecule has 0 aliphatic carbocycles. The minimum Gasteiger partial charge on any atom is -0.444 e. The maximum absolute atomic E-state index is 14.1. The molecule has 1 fully saturated rings. The smallest absolute Gasteiger partial charge is 0.407 e. The van der Waals surface area contributed by atoms with Gasteiger partial charge in [0.1, 0.15) is 12.3 Å². The average Bonchev–Trinajstić information content (AvgIpc) is 3.63. The van der Waals surface area contributed by atoms with Crippen molar-refractivity contribution in [3.05, 3.63) is 39.9 Å². The van der Waals surface area contributed by atoms with Crippen LogP contribution in [0.15, 0.2) is 29.3 Å². The van der Waals surface area contributed by atoms with Crippen LogP contribution in [0.5, 0.6) is 0 Å². The number of ether oxygens (including phenoxy) is 2. The first-order chi connectivity index (χ1) is 20.6. The highest BCUT2D eigenvalue weighted by Gasteiger charge is 2.29. The van der Waals surface area contributed by atoms with Crippen LogP contribution in [0.1, 0.15) is 27.2 Å². The van der Waals surface area contributed by atoms with Crippen LogP contribution in [-0.2, 0) is 30.3 Å². The third-order valence-electron chi connectivity index (χ3n) is 7.83. The standard InChI is InChI=1S/C31H44ClN7O4Si/c1-31(2,3)43-30(41)33-15-20-11-12-38(16-20)29-34-27-25(28(40)37(29)5)22(18-39(27)19-42-13-14-44(6,7)8)21-9-10-24-23(26(21)32)17-36(4)35-24/h9-10,17-18,20H,11-16,19H2,1-8H3,(H,33,41)/t20-/m0/s1. The Morgan fingerprint density at radius 1 is 1.16 bits per heavy atom. The zero-order valence-corrected chi connectivity index (χ0v) is 28.8. The van der Waals surface area contributed by atoms with E-state index in [0.717, 1.165) is 35.5 Å². The first-order valence-corrected chi connectivity index (χ1v) is 19.2. The van der Waals surface area contributed by atoms with E-state index >= 15 is 0 Å². The van der Waals surface area contributed by atoms with Crippen molar-refractivity contribution in [2.24, 2.45) is 20.0 Å². The third kappa shape index (κ3) is 6.97. The van der Waals surface area contributed by atoms with Crippen molar-refractivity contribution >= 4 is 53.7 Å². The van der Waals surface area contributed by atoms with Gasteiger partial charge in [0, 0.05) is 77.3 Å². The van der Waals surface area contributed by atoms with Gasteiger partial charge < -0.3 is 24.3 Å². The van der Waals surface area contributed by atoms with E-state index in [-0.39, 0.29) is 18.2 Å². The molecule has 1 N–H and O–H groups in total. The van der Waals surface area contributed by atoms with Gasteiger partial charge in [-0.2, -0.15) is 10.1 Å². The number of nitrogens with zero attached hydrogens (tertiary/aromatic N) is 6. The van der Waals surface area contributed by atoms with Gasteiger partial charge in [0.25, 0.3) is 5.56 Å². The van der Waals surface area contributed by atoms with E-state index in [1.165, 1.54) is 0 Å². The number of rotatable bonds is 9. The SMILES string of the molecule is Cn1cc2c(Cl)c(-c3cn(COCC[Si](C)(C)C)c4nc(N5CC[C@@H](CNC(=O)OC(C)(C)C)C5)n(C)c(=O)c34)ccc2n1. The van der Waals surface area contributed by atoms with Crippen molar-refractivity contribution in [2.75, 3.05) is 31.1 Å². The zero-order valence-electron chi connectivity index (χ0n) is 27.0. The van der Waals surface area contributed by atoms with Gasteiger partial charge in [0.15, 0.2) is 5.65 Å². The fourth-order valence-electron chi connectivity index (χ4n) is 5.54. The quantitative estimate of drug-likeness (QED) is 0.187. The Morgan fingerprint density at radius 2 is 1.91 bits per heavy atom. The molecule has 13 heteroatoms. The van der Waals surface area contributed by atoms with Gasteiger partial charge in [-0.25, -0.2) is 4.79 Å². The van der Waals surface area contributed by atoms with Crippen LogP contribution in [0.2, 0.25) is 30.7 Å². The Labute approximate surface area is 264 Å². The van der Waals surface area contributed by atoms with Crippen molar-refractivity contribution in [1.82, 2.24) is 29.2 Å². The van der Waals surface area contributed by atoms with Gasteiger partial charge in [-0.3, -0.25) is 14.0 Å². The molecular formula is C31H44ClN7O4Si. The molecule has 1 amide bonds. The molecule has 5 rings (SSSR count). The molecule has 3 aromatic heterocycles. The number of fused-ring (bicyclic) bond motifs is 2. The Balaban J connectivity index is 1.49.